The molecule has 0 unspecified atom stereocenters. The van der Waals surface area contributed by atoms with Crippen molar-refractivity contribution >= 4 is 40.0 Å². The first-order valence-corrected chi connectivity index (χ1v) is 25.0. The van der Waals surface area contributed by atoms with Crippen LogP contribution in [-0.2, 0) is 25.8 Å². The van der Waals surface area contributed by atoms with Gasteiger partial charge in [-0.2, -0.15) is 23.1 Å². The Labute approximate surface area is 439 Å². The maximum Gasteiger partial charge on any atom is 0.418 e. The third kappa shape index (κ3) is 10.4. The number of rotatable bonds is 17. The maximum atomic E-state index is 18.3. The van der Waals surface area contributed by atoms with E-state index in [9.17, 15) is 0 Å². The lowest BCUT2D eigenvalue weighted by Gasteiger charge is -2.31. The number of halogens is 7. The van der Waals surface area contributed by atoms with Crippen LogP contribution in [0.15, 0.2) is 91.3 Å². The molecule has 0 bridgehead atoms. The average molecular weight is 1070 g/mol. The number of nitrogens with one attached hydrogen (secondary N) is 1. The zero-order chi connectivity index (χ0) is 53.5. The van der Waals surface area contributed by atoms with Gasteiger partial charge in [0.1, 0.15) is 59.1 Å². The number of methoxy groups -OCH3 is 3. The highest BCUT2D eigenvalue weighted by Crippen LogP contribution is 2.52. The fourth-order valence-electron chi connectivity index (χ4n) is 10.6. The Morgan fingerprint density at radius 3 is 2.08 bits per heavy atom. The van der Waals surface area contributed by atoms with E-state index in [-0.39, 0.29) is 61.2 Å². The van der Waals surface area contributed by atoms with Gasteiger partial charge in [-0.25, -0.2) is 23.1 Å². The summed E-state index contributed by atoms with van der Waals surface area (Å²) >= 11 is 7.26. The fourth-order valence-corrected chi connectivity index (χ4v) is 10.9. The Kier molecular flexibility index (Phi) is 14.4. The van der Waals surface area contributed by atoms with Crippen molar-refractivity contribution in [2.45, 2.75) is 76.4 Å². The maximum absolute atomic E-state index is 18.3. The minimum Gasteiger partial charge on any atom is -0.497 e. The molecule has 2 saturated heterocycles. The number of fused-ring (bicyclic) bond motifs is 1. The van der Waals surface area contributed by atoms with Crippen LogP contribution in [-0.4, -0.2) is 95.5 Å². The molecule has 2 atom stereocenters. The molecular formula is C55H54ClF6N9O5. The molecule has 76 heavy (non-hydrogen) atoms. The van der Waals surface area contributed by atoms with Crippen molar-refractivity contribution in [1.29, 1.82) is 0 Å². The third-order valence-electron chi connectivity index (χ3n) is 14.3. The van der Waals surface area contributed by atoms with Crippen LogP contribution in [0.1, 0.15) is 65.7 Å². The summed E-state index contributed by atoms with van der Waals surface area (Å²) in [7, 11) is 4.66. The van der Waals surface area contributed by atoms with Crippen LogP contribution in [0.3, 0.4) is 0 Å². The summed E-state index contributed by atoms with van der Waals surface area (Å²) in [4.78, 5) is 28.7. The van der Waals surface area contributed by atoms with Gasteiger partial charge in [0.15, 0.2) is 11.6 Å². The summed E-state index contributed by atoms with van der Waals surface area (Å²) in [5.74, 6) is -1.97. The predicted molar refractivity (Wildman–Crippen MR) is 276 cm³/mol. The molecule has 6 heterocycles. The molecule has 0 radical (unpaired) electrons. The largest absolute Gasteiger partial charge is 0.497 e. The van der Waals surface area contributed by atoms with E-state index in [0.717, 1.165) is 16.7 Å². The van der Waals surface area contributed by atoms with Crippen LogP contribution >= 0.6 is 11.6 Å². The molecule has 21 heteroatoms. The first kappa shape index (κ1) is 52.1. The number of aryl methyl sites for hydroxylation is 1. The van der Waals surface area contributed by atoms with Gasteiger partial charge < -0.3 is 38.8 Å². The number of hydrogen-bond acceptors (Lipinski definition) is 14. The number of alkyl halides is 5. The highest BCUT2D eigenvalue weighted by molar-refractivity contribution is 6.36. The van der Waals surface area contributed by atoms with Crippen LogP contribution in [0.2, 0.25) is 5.02 Å². The highest BCUT2D eigenvalue weighted by atomic mass is 35.5. The second-order valence-electron chi connectivity index (χ2n) is 19.2. The number of ether oxygens (including phenoxy) is 5. The molecule has 0 amide bonds. The van der Waals surface area contributed by atoms with Crippen LogP contribution < -0.4 is 38.8 Å². The van der Waals surface area contributed by atoms with Crippen molar-refractivity contribution in [1.82, 2.24) is 29.8 Å². The van der Waals surface area contributed by atoms with Gasteiger partial charge in [-0.15, -0.1) is 0 Å². The van der Waals surface area contributed by atoms with Gasteiger partial charge in [-0.3, -0.25) is 9.88 Å². The second kappa shape index (κ2) is 21.0. The van der Waals surface area contributed by atoms with Gasteiger partial charge in [0.25, 0.3) is 5.92 Å². The summed E-state index contributed by atoms with van der Waals surface area (Å²) < 4.78 is 124. The van der Waals surface area contributed by atoms with Crippen molar-refractivity contribution in [3.8, 4) is 40.3 Å². The zero-order valence-electron chi connectivity index (χ0n) is 42.3. The quantitative estimate of drug-likeness (QED) is 0.0868. The van der Waals surface area contributed by atoms with Crippen LogP contribution in [0.25, 0.3) is 22.2 Å². The van der Waals surface area contributed by atoms with E-state index in [1.807, 2.05) is 55.5 Å². The lowest BCUT2D eigenvalue weighted by Crippen LogP contribution is -2.43. The minimum atomic E-state index is -5.07. The summed E-state index contributed by atoms with van der Waals surface area (Å²) in [5, 5.41) is 2.80. The normalized spacial score (nSPS) is 17.4. The van der Waals surface area contributed by atoms with Crippen molar-refractivity contribution in [2.24, 2.45) is 0 Å². The van der Waals surface area contributed by atoms with E-state index in [0.29, 0.717) is 54.7 Å². The van der Waals surface area contributed by atoms with E-state index in [1.54, 1.807) is 60.3 Å². The summed E-state index contributed by atoms with van der Waals surface area (Å²) in [6, 6.07) is 22.1. The zero-order valence-corrected chi connectivity index (χ0v) is 43.0. The van der Waals surface area contributed by atoms with E-state index in [2.05, 4.69) is 20.3 Å². The standard InChI is InChI=1S/C55H54ClF6N9O5/c1-32-25-40(69(27-35-9-15-38(73-4)16-10-35)28-36-11-17-39(74-5)18-12-36)66-47(43(32)55(60,61)62)41-44(56)49-42-48(45(41)57)67-52(76-31-53-19-6-22-70(53)30-54(58,59)29-53)68-51(42)71(23-24-75-49)33(2)46-50(64-21-20-63-46)65-26-34-7-13-37(72-3)14-8-34/h7-18,20-21,25,33H,6,19,22-24,26-31H2,1-5H3,(H,64,65)/t33-,53+/m1/s1. The van der Waals surface area contributed by atoms with Crippen molar-refractivity contribution in [2.75, 3.05) is 69.3 Å². The Morgan fingerprint density at radius 1 is 0.842 bits per heavy atom. The Balaban J connectivity index is 1.13. The molecule has 3 aromatic heterocycles. The first-order valence-electron chi connectivity index (χ1n) is 24.6. The van der Waals surface area contributed by atoms with Gasteiger partial charge in [-0.1, -0.05) is 48.0 Å². The van der Waals surface area contributed by atoms with Crippen LogP contribution in [0.4, 0.5) is 43.8 Å². The second-order valence-corrected chi connectivity index (χ2v) is 19.6. The first-order chi connectivity index (χ1) is 36.5. The van der Waals surface area contributed by atoms with Crippen molar-refractivity contribution in [3.63, 3.8) is 0 Å². The Hall–Kier alpha value is -7.32. The summed E-state index contributed by atoms with van der Waals surface area (Å²) in [5.41, 5.74) is -1.62. The summed E-state index contributed by atoms with van der Waals surface area (Å²) in [6.07, 6.45) is -1.40. The molecule has 3 aliphatic rings. The lowest BCUT2D eigenvalue weighted by molar-refractivity contribution is -0.137. The monoisotopic (exact) mass is 1070 g/mol. The average Bonchev–Trinajstić information content (AvgIpc) is 3.85. The molecular weight excluding hydrogens is 1020 g/mol. The number of nitrogens with zero attached hydrogens (tertiary/aromatic N) is 8. The molecule has 398 valence electrons. The highest BCUT2D eigenvalue weighted by Gasteiger charge is 2.57. The molecule has 10 rings (SSSR count). The van der Waals surface area contributed by atoms with E-state index >= 15 is 26.3 Å². The predicted octanol–water partition coefficient (Wildman–Crippen LogP) is 11.7. The number of aromatic nitrogens is 5. The Bertz CT molecular complexity index is 3200. The SMILES string of the molecule is COc1ccc(CNc2nccnc2[C@@H](C)N2CCOc3c(Cl)c(-c4nc(N(Cc5ccc(OC)cc5)Cc5ccc(OC)cc5)cc(C)c4C(F)(F)F)c(F)c4nc(OC[C@@]56CCCN5CC(F)(F)C6)nc2c34)cc1. The Morgan fingerprint density at radius 2 is 1.46 bits per heavy atom. The molecule has 3 aliphatic heterocycles. The smallest absolute Gasteiger partial charge is 0.418 e. The van der Waals surface area contributed by atoms with E-state index in [1.165, 1.54) is 25.4 Å². The number of hydrogen-bond donors (Lipinski definition) is 1. The molecule has 4 aromatic carbocycles. The molecule has 0 saturated carbocycles. The minimum absolute atomic E-state index is 0.0516. The van der Waals surface area contributed by atoms with Gasteiger partial charge >= 0.3 is 12.2 Å². The van der Waals surface area contributed by atoms with Gasteiger partial charge in [0.2, 0.25) is 0 Å². The molecule has 2 fully saturated rings. The van der Waals surface area contributed by atoms with E-state index < -0.39 is 75.8 Å². The molecule has 1 N–H and O–H groups in total. The van der Waals surface area contributed by atoms with E-state index in [4.69, 9.17) is 45.3 Å². The summed E-state index contributed by atoms with van der Waals surface area (Å²) in [6.45, 7) is 3.48. The van der Waals surface area contributed by atoms with Gasteiger partial charge in [-0.05, 0) is 98.0 Å². The molecule has 0 aliphatic carbocycles. The van der Waals surface area contributed by atoms with Gasteiger partial charge in [0, 0.05) is 38.4 Å². The lowest BCUT2D eigenvalue weighted by atomic mass is 9.94. The van der Waals surface area contributed by atoms with Crippen molar-refractivity contribution in [3.05, 3.63) is 136 Å². The number of benzene rings is 4. The van der Waals surface area contributed by atoms with Crippen molar-refractivity contribution < 1.29 is 50.0 Å². The fraction of sp³-hybridized carbons (Fsp3) is 0.364. The van der Waals surface area contributed by atoms with Gasteiger partial charge in [0.05, 0.1) is 73.2 Å². The molecule has 14 nitrogen and oxygen atoms in total. The topological polar surface area (TPSA) is 132 Å². The van der Waals surface area contributed by atoms with Crippen LogP contribution in [0.5, 0.6) is 29.0 Å². The third-order valence-corrected chi connectivity index (χ3v) is 14.7. The molecule has 7 aromatic rings. The number of anilines is 3. The number of pyridine rings is 1. The molecule has 0 spiro atoms. The van der Waals surface area contributed by atoms with Crippen LogP contribution in [0, 0.1) is 12.7 Å².